The van der Waals surface area contributed by atoms with Gasteiger partial charge in [-0.05, 0) is 31.4 Å². The van der Waals surface area contributed by atoms with Gasteiger partial charge in [-0.15, -0.1) is 0 Å². The molecule has 2 aromatic rings. The van der Waals surface area contributed by atoms with Crippen molar-refractivity contribution in [1.29, 1.82) is 0 Å². The molecule has 25 heavy (non-hydrogen) atoms. The number of amides is 3. The van der Waals surface area contributed by atoms with Crippen LogP contribution in [0.2, 0.25) is 0 Å². The number of aromatic nitrogens is 3. The lowest BCUT2D eigenvalue weighted by Crippen LogP contribution is -2.44. The number of imide groups is 1. The second-order valence-corrected chi connectivity index (χ2v) is 6.66. The van der Waals surface area contributed by atoms with Crippen LogP contribution in [0, 0.1) is 0 Å². The molecule has 130 valence electrons. The Hall–Kier alpha value is -2.77. The highest BCUT2D eigenvalue weighted by Crippen LogP contribution is 2.37. The molecule has 0 radical (unpaired) electrons. The van der Waals surface area contributed by atoms with Crippen molar-refractivity contribution in [3.05, 3.63) is 41.8 Å². The van der Waals surface area contributed by atoms with Crippen LogP contribution < -0.4 is 5.32 Å². The van der Waals surface area contributed by atoms with Gasteiger partial charge in [-0.25, -0.2) is 9.69 Å². The first-order chi connectivity index (χ1) is 12.1. The molecule has 3 heterocycles. The van der Waals surface area contributed by atoms with Gasteiger partial charge in [-0.2, -0.15) is 4.98 Å². The molecule has 1 aliphatic carbocycles. The average molecular weight is 341 g/mol. The Morgan fingerprint density at radius 1 is 1.36 bits per heavy atom. The van der Waals surface area contributed by atoms with Crippen LogP contribution in [0.15, 0.2) is 29.0 Å². The number of carbonyl (C=O) groups is 2. The summed E-state index contributed by atoms with van der Waals surface area (Å²) >= 11 is 0. The Kier molecular flexibility index (Phi) is 3.74. The zero-order valence-electron chi connectivity index (χ0n) is 13.9. The maximum atomic E-state index is 12.8. The van der Waals surface area contributed by atoms with Crippen LogP contribution in [0.25, 0.3) is 0 Å². The second kappa shape index (κ2) is 5.94. The summed E-state index contributed by atoms with van der Waals surface area (Å²) in [6.07, 6.45) is 7.19. The van der Waals surface area contributed by atoms with E-state index in [0.29, 0.717) is 25.1 Å². The molecule has 1 atom stereocenters. The first-order valence-corrected chi connectivity index (χ1v) is 8.46. The maximum absolute atomic E-state index is 12.8. The van der Waals surface area contributed by atoms with E-state index >= 15 is 0 Å². The van der Waals surface area contributed by atoms with Crippen molar-refractivity contribution in [3.63, 3.8) is 0 Å². The van der Waals surface area contributed by atoms with Crippen molar-refractivity contribution < 1.29 is 14.1 Å². The fourth-order valence-electron chi connectivity index (χ4n) is 3.62. The molecule has 8 heteroatoms. The van der Waals surface area contributed by atoms with Crippen molar-refractivity contribution >= 4 is 11.9 Å². The number of carbonyl (C=O) groups excluding carboxylic acids is 2. The van der Waals surface area contributed by atoms with E-state index in [0.717, 1.165) is 18.4 Å². The number of nitrogens with one attached hydrogen (secondary N) is 1. The van der Waals surface area contributed by atoms with Gasteiger partial charge in [0, 0.05) is 18.8 Å². The summed E-state index contributed by atoms with van der Waals surface area (Å²) in [5, 5.41) is 6.83. The lowest BCUT2D eigenvalue weighted by Gasteiger charge is -2.22. The van der Waals surface area contributed by atoms with Crippen LogP contribution in [-0.4, -0.2) is 37.5 Å². The minimum Gasteiger partial charge on any atom is -0.337 e. The second-order valence-electron chi connectivity index (χ2n) is 6.66. The van der Waals surface area contributed by atoms with Crippen molar-refractivity contribution in [2.45, 2.75) is 50.6 Å². The lowest BCUT2D eigenvalue weighted by atomic mass is 9.98. The molecule has 3 amide bonds. The van der Waals surface area contributed by atoms with E-state index in [4.69, 9.17) is 4.52 Å². The van der Waals surface area contributed by atoms with E-state index in [-0.39, 0.29) is 17.8 Å². The highest BCUT2D eigenvalue weighted by Gasteiger charge is 2.54. The molecular weight excluding hydrogens is 322 g/mol. The van der Waals surface area contributed by atoms with E-state index in [1.807, 2.05) is 12.1 Å². The van der Waals surface area contributed by atoms with Crippen molar-refractivity contribution in [2.75, 3.05) is 0 Å². The largest absolute Gasteiger partial charge is 0.337 e. The van der Waals surface area contributed by atoms with Gasteiger partial charge in [0.1, 0.15) is 11.6 Å². The molecule has 2 aromatic heterocycles. The molecule has 0 bridgehead atoms. The summed E-state index contributed by atoms with van der Waals surface area (Å²) in [5.41, 5.74) is 0.228. The van der Waals surface area contributed by atoms with Crippen LogP contribution >= 0.6 is 0 Å². The molecule has 1 saturated heterocycles. The lowest BCUT2D eigenvalue weighted by molar-refractivity contribution is -0.132. The summed E-state index contributed by atoms with van der Waals surface area (Å²) < 4.78 is 5.30. The maximum Gasteiger partial charge on any atom is 0.325 e. The highest BCUT2D eigenvalue weighted by atomic mass is 16.5. The van der Waals surface area contributed by atoms with Crippen LogP contribution in [0.3, 0.4) is 0 Å². The van der Waals surface area contributed by atoms with E-state index < -0.39 is 11.6 Å². The van der Waals surface area contributed by atoms with Gasteiger partial charge in [-0.3, -0.25) is 9.78 Å². The van der Waals surface area contributed by atoms with Crippen molar-refractivity contribution in [2.24, 2.45) is 0 Å². The quantitative estimate of drug-likeness (QED) is 0.853. The average Bonchev–Trinajstić information content (AvgIpc) is 3.30. The standard InChI is InChI=1S/C17H19N5O3/c1-11(22-15(23)17(20-16(22)24)6-2-3-7-17)14-19-13(21-25-14)9-12-5-4-8-18-10-12/h4-5,8,10-11H,2-3,6-7,9H2,1H3,(H,20,24). The van der Waals surface area contributed by atoms with Gasteiger partial charge in [0.2, 0.25) is 5.89 Å². The van der Waals surface area contributed by atoms with Crippen LogP contribution in [-0.2, 0) is 11.2 Å². The summed E-state index contributed by atoms with van der Waals surface area (Å²) in [6, 6.07) is 2.79. The number of nitrogens with zero attached hydrogens (tertiary/aromatic N) is 4. The fourth-order valence-corrected chi connectivity index (χ4v) is 3.62. The van der Waals surface area contributed by atoms with E-state index in [2.05, 4.69) is 20.4 Å². The normalized spacial score (nSPS) is 20.3. The molecule has 0 aromatic carbocycles. The Morgan fingerprint density at radius 3 is 2.88 bits per heavy atom. The summed E-state index contributed by atoms with van der Waals surface area (Å²) in [6.45, 7) is 1.73. The first kappa shape index (κ1) is 15.7. The molecule has 8 nitrogen and oxygen atoms in total. The van der Waals surface area contributed by atoms with E-state index in [1.54, 1.807) is 19.3 Å². The van der Waals surface area contributed by atoms with Gasteiger partial charge in [0.25, 0.3) is 5.91 Å². The number of urea groups is 1. The Labute approximate surface area is 144 Å². The van der Waals surface area contributed by atoms with Gasteiger partial charge in [0.15, 0.2) is 5.82 Å². The number of rotatable bonds is 4. The van der Waals surface area contributed by atoms with Crippen molar-refractivity contribution in [3.8, 4) is 0 Å². The summed E-state index contributed by atoms with van der Waals surface area (Å²) in [7, 11) is 0. The third-order valence-electron chi connectivity index (χ3n) is 4.96. The zero-order valence-corrected chi connectivity index (χ0v) is 13.9. The molecule has 2 fully saturated rings. The molecule has 1 aliphatic heterocycles. The first-order valence-electron chi connectivity index (χ1n) is 8.46. The predicted molar refractivity (Wildman–Crippen MR) is 86.3 cm³/mol. The fraction of sp³-hybridized carbons (Fsp3) is 0.471. The van der Waals surface area contributed by atoms with E-state index in [9.17, 15) is 9.59 Å². The summed E-state index contributed by atoms with van der Waals surface area (Å²) in [4.78, 5) is 34.8. The van der Waals surface area contributed by atoms with Gasteiger partial charge < -0.3 is 9.84 Å². The summed E-state index contributed by atoms with van der Waals surface area (Å²) in [5.74, 6) is 0.574. The highest BCUT2D eigenvalue weighted by molar-refractivity contribution is 6.07. The molecule has 4 rings (SSSR count). The van der Waals surface area contributed by atoms with Crippen molar-refractivity contribution in [1.82, 2.24) is 25.3 Å². The Bertz CT molecular complexity index is 798. The number of pyridine rings is 1. The van der Waals surface area contributed by atoms with Crippen LogP contribution in [0.4, 0.5) is 4.79 Å². The number of hydrogen-bond donors (Lipinski definition) is 1. The third-order valence-corrected chi connectivity index (χ3v) is 4.96. The van der Waals surface area contributed by atoms with E-state index in [1.165, 1.54) is 4.90 Å². The Morgan fingerprint density at radius 2 is 2.16 bits per heavy atom. The minimum absolute atomic E-state index is 0.186. The van der Waals surface area contributed by atoms with Crippen LogP contribution in [0.5, 0.6) is 0 Å². The Balaban J connectivity index is 1.52. The molecule has 1 saturated carbocycles. The molecule has 2 aliphatic rings. The molecule has 1 N–H and O–H groups in total. The third kappa shape index (κ3) is 2.67. The minimum atomic E-state index is -0.732. The monoisotopic (exact) mass is 341 g/mol. The van der Waals surface area contributed by atoms with Crippen LogP contribution in [0.1, 0.15) is 55.9 Å². The predicted octanol–water partition coefficient (Wildman–Crippen LogP) is 1.98. The molecule has 1 spiro atoms. The molecule has 1 unspecified atom stereocenters. The zero-order chi connectivity index (χ0) is 17.4. The van der Waals surface area contributed by atoms with Gasteiger partial charge >= 0.3 is 6.03 Å². The van der Waals surface area contributed by atoms with Gasteiger partial charge in [0.05, 0.1) is 0 Å². The molecular formula is C17H19N5O3. The topological polar surface area (TPSA) is 101 Å². The SMILES string of the molecule is CC(c1nc(Cc2cccnc2)no1)N1C(=O)NC2(CCCC2)C1=O. The van der Waals surface area contributed by atoms with Gasteiger partial charge in [-0.1, -0.05) is 24.1 Å². The smallest absolute Gasteiger partial charge is 0.325 e. The number of hydrogen-bond acceptors (Lipinski definition) is 6.